The molecular formula is C17H24N2. The Morgan fingerprint density at radius 3 is 2.32 bits per heavy atom. The Labute approximate surface area is 116 Å². The molecular weight excluding hydrogens is 232 g/mol. The molecule has 0 amide bonds. The molecule has 2 rings (SSSR count). The summed E-state index contributed by atoms with van der Waals surface area (Å²) in [5, 5.41) is 2.49. The number of hydrogen-bond acceptors (Lipinski definition) is 2. The van der Waals surface area contributed by atoms with Gasteiger partial charge in [-0.15, -0.1) is 0 Å². The molecule has 0 spiro atoms. The van der Waals surface area contributed by atoms with Crippen molar-refractivity contribution >= 4 is 16.5 Å². The summed E-state index contributed by atoms with van der Waals surface area (Å²) in [5.41, 5.74) is 8.33. The number of benzene rings is 2. The van der Waals surface area contributed by atoms with Crippen LogP contribution in [0.4, 0.5) is 5.69 Å². The lowest BCUT2D eigenvalue weighted by Crippen LogP contribution is -2.27. The van der Waals surface area contributed by atoms with Gasteiger partial charge < -0.3 is 5.73 Å². The third-order valence-electron chi connectivity index (χ3n) is 3.47. The fraction of sp³-hybridized carbons (Fsp3) is 0.412. The molecule has 0 fully saturated rings. The van der Waals surface area contributed by atoms with Crippen LogP contribution in [0.5, 0.6) is 0 Å². The van der Waals surface area contributed by atoms with Crippen molar-refractivity contribution in [3.05, 3.63) is 42.0 Å². The summed E-state index contributed by atoms with van der Waals surface area (Å²) in [7, 11) is 0. The molecule has 0 aliphatic heterocycles. The third kappa shape index (κ3) is 3.48. The lowest BCUT2D eigenvalue weighted by molar-refractivity contribution is 0.249. The lowest BCUT2D eigenvalue weighted by atomic mass is 10.0. The summed E-state index contributed by atoms with van der Waals surface area (Å²) in [6.45, 7) is 9.83. The monoisotopic (exact) mass is 256 g/mol. The Morgan fingerprint density at radius 1 is 1.11 bits per heavy atom. The van der Waals surface area contributed by atoms with Gasteiger partial charge in [-0.25, -0.2) is 0 Å². The lowest BCUT2D eigenvalue weighted by Gasteiger charge is -2.23. The van der Waals surface area contributed by atoms with Crippen LogP contribution in [0, 0.1) is 5.92 Å². The Kier molecular flexibility index (Phi) is 4.43. The molecule has 2 aromatic rings. The van der Waals surface area contributed by atoms with E-state index in [4.69, 9.17) is 5.73 Å². The molecule has 0 saturated heterocycles. The number of rotatable bonds is 5. The van der Waals surface area contributed by atoms with Gasteiger partial charge in [0, 0.05) is 18.8 Å². The molecule has 0 radical (unpaired) electrons. The van der Waals surface area contributed by atoms with Crippen LogP contribution in [-0.2, 0) is 6.54 Å². The van der Waals surface area contributed by atoms with Crippen molar-refractivity contribution in [3.8, 4) is 0 Å². The molecule has 2 nitrogen and oxygen atoms in total. The molecule has 0 aliphatic carbocycles. The zero-order valence-electron chi connectivity index (χ0n) is 12.2. The first-order valence-corrected chi connectivity index (χ1v) is 7.09. The topological polar surface area (TPSA) is 29.3 Å². The summed E-state index contributed by atoms with van der Waals surface area (Å²) in [6.07, 6.45) is 0. The van der Waals surface area contributed by atoms with Gasteiger partial charge in [-0.1, -0.05) is 45.0 Å². The van der Waals surface area contributed by atoms with Gasteiger partial charge in [0.1, 0.15) is 0 Å². The smallest absolute Gasteiger partial charge is 0.0366 e. The van der Waals surface area contributed by atoms with Crippen molar-refractivity contribution in [3.63, 3.8) is 0 Å². The molecule has 0 saturated carbocycles. The molecule has 102 valence electrons. The van der Waals surface area contributed by atoms with Gasteiger partial charge in [-0.2, -0.15) is 0 Å². The molecule has 19 heavy (non-hydrogen) atoms. The summed E-state index contributed by atoms with van der Waals surface area (Å²) in [4.78, 5) is 2.45. The van der Waals surface area contributed by atoms with Crippen molar-refractivity contribution in [2.24, 2.45) is 5.92 Å². The molecule has 0 unspecified atom stereocenters. The van der Waals surface area contributed by atoms with E-state index in [2.05, 4.69) is 62.1 Å². The van der Waals surface area contributed by atoms with E-state index in [0.717, 1.165) is 25.3 Å². The average molecular weight is 256 g/mol. The molecule has 2 N–H and O–H groups in total. The summed E-state index contributed by atoms with van der Waals surface area (Å²) in [5.74, 6) is 0.682. The highest BCUT2D eigenvalue weighted by Crippen LogP contribution is 2.23. The van der Waals surface area contributed by atoms with Gasteiger partial charge in [0.2, 0.25) is 0 Å². The molecule has 2 aromatic carbocycles. The fourth-order valence-electron chi connectivity index (χ4n) is 2.50. The number of anilines is 1. The van der Waals surface area contributed by atoms with Crippen molar-refractivity contribution in [1.82, 2.24) is 4.90 Å². The highest BCUT2D eigenvalue weighted by molar-refractivity contribution is 5.86. The van der Waals surface area contributed by atoms with Crippen molar-refractivity contribution in [2.45, 2.75) is 27.3 Å². The quantitative estimate of drug-likeness (QED) is 0.822. The predicted molar refractivity (Wildman–Crippen MR) is 84.1 cm³/mol. The van der Waals surface area contributed by atoms with Crippen molar-refractivity contribution < 1.29 is 0 Å². The summed E-state index contributed by atoms with van der Waals surface area (Å²) < 4.78 is 0. The van der Waals surface area contributed by atoms with E-state index in [1.165, 1.54) is 16.3 Å². The van der Waals surface area contributed by atoms with Crippen molar-refractivity contribution in [2.75, 3.05) is 18.8 Å². The van der Waals surface area contributed by atoms with Crippen molar-refractivity contribution in [1.29, 1.82) is 0 Å². The number of nitrogen functional groups attached to an aromatic ring is 1. The van der Waals surface area contributed by atoms with Crippen LogP contribution >= 0.6 is 0 Å². The van der Waals surface area contributed by atoms with Crippen LogP contribution in [0.15, 0.2) is 36.4 Å². The minimum atomic E-state index is 0.682. The normalized spacial score (nSPS) is 11.6. The van der Waals surface area contributed by atoms with Gasteiger partial charge in [0.15, 0.2) is 0 Å². The Hall–Kier alpha value is -1.54. The Morgan fingerprint density at radius 2 is 1.74 bits per heavy atom. The Balaban J connectivity index is 2.26. The molecule has 0 atom stereocenters. The molecule has 0 heterocycles. The summed E-state index contributed by atoms with van der Waals surface area (Å²) in [6, 6.07) is 12.7. The third-order valence-corrected chi connectivity index (χ3v) is 3.47. The standard InChI is InChI=1S/C17H24N2/c1-4-19(11-13(2)3)12-16-9-14-7-5-6-8-15(14)10-17(16)18/h5-10,13H,4,11-12,18H2,1-3H3. The van der Waals surface area contributed by atoms with E-state index < -0.39 is 0 Å². The van der Waals surface area contributed by atoms with Gasteiger partial charge >= 0.3 is 0 Å². The zero-order valence-corrected chi connectivity index (χ0v) is 12.2. The second-order valence-corrected chi connectivity index (χ2v) is 5.62. The summed E-state index contributed by atoms with van der Waals surface area (Å²) >= 11 is 0. The van der Waals surface area contributed by atoms with E-state index in [1.807, 2.05) is 0 Å². The van der Waals surface area contributed by atoms with E-state index >= 15 is 0 Å². The van der Waals surface area contributed by atoms with Crippen LogP contribution < -0.4 is 5.73 Å². The first-order chi connectivity index (χ1) is 9.10. The number of nitrogens with two attached hydrogens (primary N) is 1. The highest BCUT2D eigenvalue weighted by Gasteiger charge is 2.09. The van der Waals surface area contributed by atoms with E-state index in [-0.39, 0.29) is 0 Å². The zero-order chi connectivity index (χ0) is 13.8. The first kappa shape index (κ1) is 13.9. The maximum absolute atomic E-state index is 6.19. The van der Waals surface area contributed by atoms with E-state index in [9.17, 15) is 0 Å². The van der Waals surface area contributed by atoms with Crippen LogP contribution in [-0.4, -0.2) is 18.0 Å². The number of fused-ring (bicyclic) bond motifs is 1. The van der Waals surface area contributed by atoms with E-state index in [0.29, 0.717) is 5.92 Å². The second kappa shape index (κ2) is 6.07. The van der Waals surface area contributed by atoms with Gasteiger partial charge in [0.05, 0.1) is 0 Å². The highest BCUT2D eigenvalue weighted by atomic mass is 15.1. The van der Waals surface area contributed by atoms with Crippen LogP contribution in [0.1, 0.15) is 26.3 Å². The number of hydrogen-bond donors (Lipinski definition) is 1. The largest absolute Gasteiger partial charge is 0.398 e. The first-order valence-electron chi connectivity index (χ1n) is 7.09. The van der Waals surface area contributed by atoms with Gasteiger partial charge in [-0.3, -0.25) is 4.90 Å². The van der Waals surface area contributed by atoms with E-state index in [1.54, 1.807) is 0 Å². The second-order valence-electron chi connectivity index (χ2n) is 5.62. The minimum absolute atomic E-state index is 0.682. The predicted octanol–water partition coefficient (Wildman–Crippen LogP) is 3.90. The average Bonchev–Trinajstić information content (AvgIpc) is 2.38. The van der Waals surface area contributed by atoms with Gasteiger partial charge in [0.25, 0.3) is 0 Å². The maximum atomic E-state index is 6.19. The molecule has 0 aromatic heterocycles. The molecule has 0 bridgehead atoms. The fourth-order valence-corrected chi connectivity index (χ4v) is 2.50. The molecule has 0 aliphatic rings. The Bertz CT molecular complexity index is 546. The van der Waals surface area contributed by atoms with Crippen LogP contribution in [0.25, 0.3) is 10.8 Å². The van der Waals surface area contributed by atoms with Crippen LogP contribution in [0.3, 0.4) is 0 Å². The number of nitrogens with zero attached hydrogens (tertiary/aromatic N) is 1. The van der Waals surface area contributed by atoms with Crippen LogP contribution in [0.2, 0.25) is 0 Å². The SMILES string of the molecule is CCN(Cc1cc2ccccc2cc1N)CC(C)C. The van der Waals surface area contributed by atoms with Gasteiger partial charge in [-0.05, 0) is 40.9 Å². The minimum Gasteiger partial charge on any atom is -0.398 e. The molecule has 2 heteroatoms. The maximum Gasteiger partial charge on any atom is 0.0366 e.